The van der Waals surface area contributed by atoms with E-state index in [-0.39, 0.29) is 0 Å². The van der Waals surface area contributed by atoms with E-state index in [1.165, 1.54) is 5.69 Å². The SMILES string of the molecule is CCc1noc(CCNC(C)Cn2nc(C)cc2C)n1. The van der Waals surface area contributed by atoms with Gasteiger partial charge in [-0.05, 0) is 26.8 Å². The molecule has 2 aromatic rings. The summed E-state index contributed by atoms with van der Waals surface area (Å²) in [7, 11) is 0. The number of nitrogens with zero attached hydrogens (tertiary/aromatic N) is 4. The standard InChI is InChI=1S/C14H23N5O/c1-5-13-16-14(20-18-13)6-7-15-11(3)9-19-12(4)8-10(2)17-19/h8,11,15H,5-7,9H2,1-4H3. The van der Waals surface area contributed by atoms with Gasteiger partial charge in [-0.15, -0.1) is 0 Å². The third kappa shape index (κ3) is 3.90. The zero-order valence-corrected chi connectivity index (χ0v) is 12.7. The first kappa shape index (κ1) is 14.7. The van der Waals surface area contributed by atoms with Crippen molar-refractivity contribution in [2.45, 2.75) is 53.1 Å². The number of aryl methyl sites for hydroxylation is 3. The third-order valence-corrected chi connectivity index (χ3v) is 3.21. The van der Waals surface area contributed by atoms with Crippen LogP contribution >= 0.6 is 0 Å². The zero-order valence-electron chi connectivity index (χ0n) is 12.7. The van der Waals surface area contributed by atoms with Crippen molar-refractivity contribution >= 4 is 0 Å². The Morgan fingerprint density at radius 2 is 2.20 bits per heavy atom. The lowest BCUT2D eigenvalue weighted by atomic mass is 10.3. The molecule has 0 saturated carbocycles. The summed E-state index contributed by atoms with van der Waals surface area (Å²) in [5.74, 6) is 1.48. The molecule has 0 saturated heterocycles. The highest BCUT2D eigenvalue weighted by atomic mass is 16.5. The van der Waals surface area contributed by atoms with Crippen LogP contribution in [-0.4, -0.2) is 32.5 Å². The minimum absolute atomic E-state index is 0.349. The molecule has 2 rings (SSSR count). The predicted molar refractivity (Wildman–Crippen MR) is 76.5 cm³/mol. The molecule has 0 spiro atoms. The van der Waals surface area contributed by atoms with Gasteiger partial charge in [-0.3, -0.25) is 4.68 Å². The smallest absolute Gasteiger partial charge is 0.227 e. The first-order valence-corrected chi connectivity index (χ1v) is 7.14. The van der Waals surface area contributed by atoms with Crippen LogP contribution in [0.4, 0.5) is 0 Å². The Balaban J connectivity index is 1.75. The van der Waals surface area contributed by atoms with Crippen LogP contribution in [0.5, 0.6) is 0 Å². The summed E-state index contributed by atoms with van der Waals surface area (Å²) in [6.07, 6.45) is 1.57. The summed E-state index contributed by atoms with van der Waals surface area (Å²) in [4.78, 5) is 4.29. The molecule has 1 atom stereocenters. The molecule has 6 nitrogen and oxygen atoms in total. The second-order valence-electron chi connectivity index (χ2n) is 5.17. The lowest BCUT2D eigenvalue weighted by Gasteiger charge is -2.14. The highest BCUT2D eigenvalue weighted by Crippen LogP contribution is 2.03. The van der Waals surface area contributed by atoms with Crippen LogP contribution in [0.2, 0.25) is 0 Å². The average Bonchev–Trinajstić information content (AvgIpc) is 2.97. The van der Waals surface area contributed by atoms with Crippen molar-refractivity contribution in [2.75, 3.05) is 6.54 Å². The van der Waals surface area contributed by atoms with E-state index in [0.29, 0.717) is 11.9 Å². The van der Waals surface area contributed by atoms with E-state index in [1.54, 1.807) is 0 Å². The van der Waals surface area contributed by atoms with Gasteiger partial charge in [-0.25, -0.2) is 0 Å². The molecule has 0 aliphatic rings. The Hall–Kier alpha value is -1.69. The van der Waals surface area contributed by atoms with Crippen LogP contribution in [0.15, 0.2) is 10.6 Å². The predicted octanol–water partition coefficient (Wildman–Crippen LogP) is 1.67. The highest BCUT2D eigenvalue weighted by Gasteiger charge is 2.08. The van der Waals surface area contributed by atoms with Crippen molar-refractivity contribution in [1.29, 1.82) is 0 Å². The maximum atomic E-state index is 5.16. The van der Waals surface area contributed by atoms with Crippen molar-refractivity contribution < 1.29 is 4.52 Å². The van der Waals surface area contributed by atoms with Gasteiger partial charge in [-0.2, -0.15) is 10.1 Å². The maximum absolute atomic E-state index is 5.16. The Kier molecular flexibility index (Phi) is 4.89. The van der Waals surface area contributed by atoms with E-state index in [2.05, 4.69) is 40.5 Å². The molecule has 0 radical (unpaired) electrons. The summed E-state index contributed by atoms with van der Waals surface area (Å²) in [6.45, 7) is 9.96. The van der Waals surface area contributed by atoms with Gasteiger partial charge in [0.1, 0.15) is 0 Å². The van der Waals surface area contributed by atoms with E-state index in [4.69, 9.17) is 4.52 Å². The maximum Gasteiger partial charge on any atom is 0.227 e. The lowest BCUT2D eigenvalue weighted by molar-refractivity contribution is 0.364. The Labute approximate surface area is 119 Å². The fourth-order valence-corrected chi connectivity index (χ4v) is 2.14. The minimum Gasteiger partial charge on any atom is -0.339 e. The van der Waals surface area contributed by atoms with E-state index in [9.17, 15) is 0 Å². The summed E-state index contributed by atoms with van der Waals surface area (Å²) in [6, 6.07) is 2.44. The molecule has 0 bridgehead atoms. The minimum atomic E-state index is 0.349. The number of hydrogen-bond donors (Lipinski definition) is 1. The molecule has 0 aliphatic heterocycles. The van der Waals surface area contributed by atoms with Crippen molar-refractivity contribution in [3.63, 3.8) is 0 Å². The molecule has 0 aliphatic carbocycles. The topological polar surface area (TPSA) is 68.8 Å². The van der Waals surface area contributed by atoms with Gasteiger partial charge in [0.25, 0.3) is 0 Å². The first-order chi connectivity index (χ1) is 9.58. The Morgan fingerprint density at radius 3 is 2.80 bits per heavy atom. The van der Waals surface area contributed by atoms with Crippen LogP contribution < -0.4 is 5.32 Å². The van der Waals surface area contributed by atoms with Crippen molar-refractivity contribution in [3.05, 3.63) is 29.2 Å². The third-order valence-electron chi connectivity index (χ3n) is 3.21. The van der Waals surface area contributed by atoms with Gasteiger partial charge in [0.2, 0.25) is 5.89 Å². The highest BCUT2D eigenvalue weighted by molar-refractivity contribution is 5.06. The molecule has 110 valence electrons. The molecular weight excluding hydrogens is 254 g/mol. The summed E-state index contributed by atoms with van der Waals surface area (Å²) >= 11 is 0. The van der Waals surface area contributed by atoms with Crippen LogP contribution in [0.25, 0.3) is 0 Å². The van der Waals surface area contributed by atoms with E-state index >= 15 is 0 Å². The molecular formula is C14H23N5O. The average molecular weight is 277 g/mol. The van der Waals surface area contributed by atoms with Gasteiger partial charge in [-0.1, -0.05) is 12.1 Å². The number of nitrogens with one attached hydrogen (secondary N) is 1. The quantitative estimate of drug-likeness (QED) is 0.833. The number of hydrogen-bond acceptors (Lipinski definition) is 5. The molecule has 1 unspecified atom stereocenters. The Bertz CT molecular complexity index is 546. The first-order valence-electron chi connectivity index (χ1n) is 7.14. The normalized spacial score (nSPS) is 12.8. The van der Waals surface area contributed by atoms with Gasteiger partial charge in [0.05, 0.1) is 12.2 Å². The molecule has 0 amide bonds. The van der Waals surface area contributed by atoms with Crippen LogP contribution in [0.1, 0.15) is 37.0 Å². The van der Waals surface area contributed by atoms with Crippen molar-refractivity contribution in [3.8, 4) is 0 Å². The molecule has 6 heteroatoms. The summed E-state index contributed by atoms with van der Waals surface area (Å²) < 4.78 is 7.20. The fourth-order valence-electron chi connectivity index (χ4n) is 2.14. The van der Waals surface area contributed by atoms with E-state index in [1.807, 2.05) is 18.5 Å². The Morgan fingerprint density at radius 1 is 1.40 bits per heavy atom. The number of rotatable bonds is 7. The molecule has 0 fully saturated rings. The fraction of sp³-hybridized carbons (Fsp3) is 0.643. The van der Waals surface area contributed by atoms with Crippen LogP contribution in [0.3, 0.4) is 0 Å². The largest absolute Gasteiger partial charge is 0.339 e. The van der Waals surface area contributed by atoms with Gasteiger partial charge < -0.3 is 9.84 Å². The van der Waals surface area contributed by atoms with E-state index < -0.39 is 0 Å². The lowest BCUT2D eigenvalue weighted by Crippen LogP contribution is -2.32. The number of aromatic nitrogens is 4. The van der Waals surface area contributed by atoms with Crippen LogP contribution in [-0.2, 0) is 19.4 Å². The molecule has 20 heavy (non-hydrogen) atoms. The molecule has 2 heterocycles. The monoisotopic (exact) mass is 277 g/mol. The zero-order chi connectivity index (χ0) is 14.5. The second kappa shape index (κ2) is 6.65. The second-order valence-corrected chi connectivity index (χ2v) is 5.17. The molecule has 2 aromatic heterocycles. The van der Waals surface area contributed by atoms with E-state index in [0.717, 1.165) is 37.4 Å². The van der Waals surface area contributed by atoms with Crippen LogP contribution in [0, 0.1) is 13.8 Å². The van der Waals surface area contributed by atoms with Crippen molar-refractivity contribution in [2.24, 2.45) is 0 Å². The molecule has 0 aromatic carbocycles. The molecule has 1 N–H and O–H groups in total. The summed E-state index contributed by atoms with van der Waals surface area (Å²) in [5.41, 5.74) is 2.26. The van der Waals surface area contributed by atoms with Crippen molar-refractivity contribution in [1.82, 2.24) is 25.2 Å². The summed E-state index contributed by atoms with van der Waals surface area (Å²) in [5, 5.41) is 11.8. The van der Waals surface area contributed by atoms with Gasteiger partial charge in [0, 0.05) is 31.1 Å². The van der Waals surface area contributed by atoms with Gasteiger partial charge >= 0.3 is 0 Å². The van der Waals surface area contributed by atoms with Gasteiger partial charge in [0.15, 0.2) is 5.82 Å².